The number of ether oxygens (including phenoxy) is 11. The third kappa shape index (κ3) is 26.7. The summed E-state index contributed by atoms with van der Waals surface area (Å²) < 4.78 is 59.0. The van der Waals surface area contributed by atoms with Gasteiger partial charge in [-0.2, -0.15) is 0 Å². The van der Waals surface area contributed by atoms with Crippen molar-refractivity contribution in [1.29, 1.82) is 0 Å². The average Bonchev–Trinajstić information content (AvgIpc) is 3.10. The SMILES string of the molecule is CCOC(=O)CCOCCOCCOCCOCCOCCOCCOCCOCCOCCOCCNc1ccc([N+](=O)[O-])cc1[N+](=O)[O-]. The first-order valence-electron chi connectivity index (χ1n) is 16.6. The molecule has 0 amide bonds. The van der Waals surface area contributed by atoms with E-state index in [0.717, 1.165) is 6.07 Å². The molecule has 1 aromatic carbocycles. The highest BCUT2D eigenvalue weighted by Crippen LogP contribution is 2.28. The van der Waals surface area contributed by atoms with Crippen molar-refractivity contribution in [1.82, 2.24) is 0 Å². The van der Waals surface area contributed by atoms with E-state index in [1.54, 1.807) is 6.92 Å². The summed E-state index contributed by atoms with van der Waals surface area (Å²) in [5.74, 6) is -0.264. The molecule has 19 nitrogen and oxygen atoms in total. The third-order valence-electron chi connectivity index (χ3n) is 6.05. The summed E-state index contributed by atoms with van der Waals surface area (Å²) in [4.78, 5) is 31.7. The second kappa shape index (κ2) is 33.1. The van der Waals surface area contributed by atoms with Gasteiger partial charge in [0, 0.05) is 12.6 Å². The van der Waals surface area contributed by atoms with Crippen LogP contribution in [0.1, 0.15) is 13.3 Å². The van der Waals surface area contributed by atoms with E-state index >= 15 is 0 Å². The maximum atomic E-state index is 11.2. The van der Waals surface area contributed by atoms with Gasteiger partial charge >= 0.3 is 5.97 Å². The Kier molecular flexibility index (Phi) is 29.7. The molecular formula is C31H53N3O16. The summed E-state index contributed by atoms with van der Waals surface area (Å²) >= 11 is 0. The molecular weight excluding hydrogens is 670 g/mol. The number of hydrogen-bond donors (Lipinski definition) is 1. The highest BCUT2D eigenvalue weighted by Gasteiger charge is 2.19. The summed E-state index contributed by atoms with van der Waals surface area (Å²) in [6.45, 7) is 10.8. The van der Waals surface area contributed by atoms with Crippen molar-refractivity contribution in [2.45, 2.75) is 13.3 Å². The zero-order valence-electron chi connectivity index (χ0n) is 28.9. The zero-order valence-corrected chi connectivity index (χ0v) is 28.9. The van der Waals surface area contributed by atoms with Gasteiger partial charge in [0.2, 0.25) is 0 Å². The van der Waals surface area contributed by atoms with E-state index in [9.17, 15) is 25.0 Å². The van der Waals surface area contributed by atoms with E-state index in [1.807, 2.05) is 0 Å². The van der Waals surface area contributed by atoms with Gasteiger partial charge < -0.3 is 57.4 Å². The predicted molar refractivity (Wildman–Crippen MR) is 178 cm³/mol. The molecule has 19 heteroatoms. The van der Waals surface area contributed by atoms with Crippen LogP contribution in [0.3, 0.4) is 0 Å². The lowest BCUT2D eigenvalue weighted by atomic mass is 10.2. The van der Waals surface area contributed by atoms with Crippen LogP contribution in [0.15, 0.2) is 18.2 Å². The predicted octanol–water partition coefficient (Wildman–Crippen LogP) is 2.03. The molecule has 0 aliphatic carbocycles. The first kappa shape index (κ1) is 44.9. The molecule has 0 aliphatic heterocycles. The third-order valence-corrected chi connectivity index (χ3v) is 6.05. The zero-order chi connectivity index (χ0) is 36.3. The molecule has 0 saturated heterocycles. The molecule has 0 aromatic heterocycles. The largest absolute Gasteiger partial charge is 0.466 e. The Hall–Kier alpha value is -3.11. The number of carbonyl (C=O) groups excluding carboxylic acids is 1. The number of hydrogen-bond acceptors (Lipinski definition) is 17. The van der Waals surface area contributed by atoms with Crippen LogP contribution in [0.2, 0.25) is 0 Å². The van der Waals surface area contributed by atoms with Gasteiger partial charge in [0.25, 0.3) is 11.4 Å². The van der Waals surface area contributed by atoms with Crippen LogP contribution in [-0.4, -0.2) is 161 Å². The van der Waals surface area contributed by atoms with E-state index in [0.29, 0.717) is 132 Å². The van der Waals surface area contributed by atoms with Gasteiger partial charge in [-0.15, -0.1) is 0 Å². The summed E-state index contributed by atoms with van der Waals surface area (Å²) in [5, 5.41) is 24.8. The molecule has 1 rings (SSSR count). The molecule has 50 heavy (non-hydrogen) atoms. The minimum Gasteiger partial charge on any atom is -0.466 e. The minimum absolute atomic E-state index is 0.182. The van der Waals surface area contributed by atoms with Crippen LogP contribution in [0.25, 0.3) is 0 Å². The van der Waals surface area contributed by atoms with E-state index in [-0.39, 0.29) is 42.6 Å². The Morgan fingerprint density at radius 1 is 0.560 bits per heavy atom. The summed E-state index contributed by atoms with van der Waals surface area (Å²) in [7, 11) is 0. The van der Waals surface area contributed by atoms with Crippen molar-refractivity contribution in [2.24, 2.45) is 0 Å². The molecule has 0 saturated carbocycles. The molecule has 1 N–H and O–H groups in total. The standard InChI is InChI=1S/C31H53N3O16/c1-2-50-31(35)5-7-40-9-11-42-13-15-44-17-19-46-21-23-48-25-26-49-24-22-47-20-18-45-16-14-43-12-10-41-8-6-32-29-4-3-28(33(36)37)27-30(29)34(38)39/h3-4,27,32H,2,5-26H2,1H3. The van der Waals surface area contributed by atoms with E-state index < -0.39 is 9.85 Å². The first-order chi connectivity index (χ1) is 24.5. The number of nitro benzene ring substituents is 2. The van der Waals surface area contributed by atoms with Gasteiger partial charge in [0.05, 0.1) is 161 Å². The smallest absolute Gasteiger partial charge is 0.308 e. The number of esters is 1. The highest BCUT2D eigenvalue weighted by atomic mass is 16.6. The molecule has 0 fully saturated rings. The molecule has 288 valence electrons. The van der Waals surface area contributed by atoms with Gasteiger partial charge in [0.1, 0.15) is 5.69 Å². The van der Waals surface area contributed by atoms with Crippen molar-refractivity contribution in [2.75, 3.05) is 151 Å². The van der Waals surface area contributed by atoms with Crippen molar-refractivity contribution >= 4 is 23.0 Å². The number of nitrogens with one attached hydrogen (secondary N) is 1. The van der Waals surface area contributed by atoms with Crippen molar-refractivity contribution in [3.8, 4) is 0 Å². The summed E-state index contributed by atoms with van der Waals surface area (Å²) in [6.07, 6.45) is 0.242. The lowest BCUT2D eigenvalue weighted by molar-refractivity contribution is -0.393. The topological polar surface area (TPSA) is 217 Å². The first-order valence-corrected chi connectivity index (χ1v) is 16.6. The molecule has 0 radical (unpaired) electrons. The normalized spacial score (nSPS) is 11.1. The maximum Gasteiger partial charge on any atom is 0.308 e. The fraction of sp³-hybridized carbons (Fsp3) is 0.774. The van der Waals surface area contributed by atoms with Gasteiger partial charge in [-0.3, -0.25) is 25.0 Å². The van der Waals surface area contributed by atoms with E-state index in [1.165, 1.54) is 12.1 Å². The number of anilines is 1. The fourth-order valence-electron chi connectivity index (χ4n) is 3.66. The van der Waals surface area contributed by atoms with Gasteiger partial charge in [-0.25, -0.2) is 0 Å². The van der Waals surface area contributed by atoms with Crippen LogP contribution in [0.5, 0.6) is 0 Å². The Morgan fingerprint density at radius 3 is 1.26 bits per heavy atom. The Labute approximate surface area is 292 Å². The number of non-ortho nitro benzene ring substituents is 1. The van der Waals surface area contributed by atoms with Crippen LogP contribution >= 0.6 is 0 Å². The molecule has 0 bridgehead atoms. The number of nitro groups is 2. The Morgan fingerprint density at radius 2 is 0.920 bits per heavy atom. The number of benzene rings is 1. The Balaban J connectivity index is 1.72. The monoisotopic (exact) mass is 723 g/mol. The fourth-order valence-corrected chi connectivity index (χ4v) is 3.66. The summed E-state index contributed by atoms with van der Waals surface area (Å²) in [5.41, 5.74) is -0.536. The number of carbonyl (C=O) groups is 1. The second-order valence-electron chi connectivity index (χ2n) is 9.82. The maximum absolute atomic E-state index is 11.2. The minimum atomic E-state index is -0.684. The van der Waals surface area contributed by atoms with Crippen molar-refractivity contribution < 1.29 is 66.7 Å². The Bertz CT molecular complexity index is 1010. The highest BCUT2D eigenvalue weighted by molar-refractivity contribution is 5.69. The molecule has 0 spiro atoms. The van der Waals surface area contributed by atoms with Crippen molar-refractivity contribution in [3.05, 3.63) is 38.4 Å². The van der Waals surface area contributed by atoms with Gasteiger partial charge in [0.15, 0.2) is 0 Å². The lowest BCUT2D eigenvalue weighted by Crippen LogP contribution is -2.16. The van der Waals surface area contributed by atoms with Crippen molar-refractivity contribution in [3.63, 3.8) is 0 Å². The molecule has 0 atom stereocenters. The molecule has 0 heterocycles. The number of nitrogens with zero attached hydrogens (tertiary/aromatic N) is 2. The quantitative estimate of drug-likeness (QED) is 0.0449. The van der Waals surface area contributed by atoms with Crippen LogP contribution in [0, 0.1) is 20.2 Å². The molecule has 0 unspecified atom stereocenters. The lowest BCUT2D eigenvalue weighted by Gasteiger charge is -2.09. The molecule has 1 aromatic rings. The number of rotatable bonds is 37. The summed E-state index contributed by atoms with van der Waals surface area (Å²) in [6, 6.07) is 3.42. The second-order valence-corrected chi connectivity index (χ2v) is 9.82. The van der Waals surface area contributed by atoms with E-state index in [2.05, 4.69) is 5.32 Å². The van der Waals surface area contributed by atoms with Crippen LogP contribution in [0.4, 0.5) is 17.1 Å². The van der Waals surface area contributed by atoms with Crippen LogP contribution < -0.4 is 5.32 Å². The van der Waals surface area contributed by atoms with Crippen LogP contribution in [-0.2, 0) is 56.9 Å². The van der Waals surface area contributed by atoms with Gasteiger partial charge in [-0.05, 0) is 13.0 Å². The van der Waals surface area contributed by atoms with Gasteiger partial charge in [-0.1, -0.05) is 0 Å². The molecule has 0 aliphatic rings. The van der Waals surface area contributed by atoms with E-state index in [4.69, 9.17) is 52.1 Å². The average molecular weight is 724 g/mol.